The Morgan fingerprint density at radius 2 is 1.61 bits per heavy atom. The van der Waals surface area contributed by atoms with Gasteiger partial charge in [-0.1, -0.05) is 19.3 Å². The predicted molar refractivity (Wildman–Crippen MR) is 137 cm³/mol. The van der Waals surface area contributed by atoms with Crippen LogP contribution in [-0.4, -0.2) is 67.9 Å². The Hall–Kier alpha value is -2.75. The summed E-state index contributed by atoms with van der Waals surface area (Å²) >= 11 is 0. The standard InChI is InChI=1S/C26H33F3N4O4S/c1-3-38(36,37)32-15-13-31(14-16-32)12-8-6-4-5-7-9-22-19(2)24(34)33(25(22)35)21-11-10-20(18-30)23(17-21)26(27,28)29/h10-11,17H,3-9,12-16H2,1-2H3. The second-order valence-corrected chi connectivity index (χ2v) is 11.8. The Morgan fingerprint density at radius 3 is 2.21 bits per heavy atom. The molecule has 0 spiro atoms. The Bertz CT molecular complexity index is 1230. The molecule has 0 aliphatic carbocycles. The molecule has 0 unspecified atom stereocenters. The number of sulfonamides is 1. The highest BCUT2D eigenvalue weighted by Crippen LogP contribution is 2.37. The van der Waals surface area contributed by atoms with E-state index in [-0.39, 0.29) is 17.0 Å². The van der Waals surface area contributed by atoms with Gasteiger partial charge < -0.3 is 4.90 Å². The van der Waals surface area contributed by atoms with Crippen molar-refractivity contribution in [2.45, 2.75) is 58.5 Å². The van der Waals surface area contributed by atoms with E-state index in [1.165, 1.54) is 19.1 Å². The fourth-order valence-corrected chi connectivity index (χ4v) is 5.88. The molecule has 1 aromatic carbocycles. The van der Waals surface area contributed by atoms with Crippen LogP contribution < -0.4 is 4.90 Å². The third kappa shape index (κ3) is 6.81. The van der Waals surface area contributed by atoms with Gasteiger partial charge in [0.15, 0.2) is 0 Å². The van der Waals surface area contributed by atoms with Gasteiger partial charge in [0, 0.05) is 37.3 Å². The van der Waals surface area contributed by atoms with Crippen LogP contribution in [0.5, 0.6) is 0 Å². The van der Waals surface area contributed by atoms with Crippen molar-refractivity contribution in [3.05, 3.63) is 40.5 Å². The molecule has 1 fully saturated rings. The van der Waals surface area contributed by atoms with Crippen molar-refractivity contribution in [2.75, 3.05) is 43.4 Å². The Balaban J connectivity index is 1.44. The highest BCUT2D eigenvalue weighted by molar-refractivity contribution is 7.89. The normalized spacial score (nSPS) is 17.9. The SMILES string of the molecule is CCS(=O)(=O)N1CCN(CCCCCCCC2=C(C)C(=O)N(c3ccc(C#N)c(C(F)(F)F)c3)C2=O)CC1. The van der Waals surface area contributed by atoms with Crippen LogP contribution >= 0.6 is 0 Å². The van der Waals surface area contributed by atoms with Gasteiger partial charge in [0.05, 0.1) is 28.6 Å². The number of anilines is 1. The lowest BCUT2D eigenvalue weighted by molar-refractivity contribution is -0.138. The molecule has 0 radical (unpaired) electrons. The summed E-state index contributed by atoms with van der Waals surface area (Å²) in [7, 11) is -3.13. The molecular formula is C26H33F3N4O4S. The number of nitriles is 1. The fourth-order valence-electron chi connectivity index (χ4n) is 4.80. The number of alkyl halides is 3. The van der Waals surface area contributed by atoms with Crippen LogP contribution in [-0.2, 0) is 25.8 Å². The minimum atomic E-state index is -4.79. The first kappa shape index (κ1) is 29.8. The first-order chi connectivity index (χ1) is 17.9. The zero-order valence-corrected chi connectivity index (χ0v) is 22.5. The number of imide groups is 1. The summed E-state index contributed by atoms with van der Waals surface area (Å²) in [5, 5.41) is 8.98. The molecule has 38 heavy (non-hydrogen) atoms. The lowest BCUT2D eigenvalue weighted by Crippen LogP contribution is -2.49. The van der Waals surface area contributed by atoms with Gasteiger partial charge in [-0.2, -0.15) is 22.7 Å². The maximum atomic E-state index is 13.3. The van der Waals surface area contributed by atoms with Gasteiger partial charge >= 0.3 is 6.18 Å². The zero-order chi connectivity index (χ0) is 28.1. The van der Waals surface area contributed by atoms with E-state index in [9.17, 15) is 31.2 Å². The van der Waals surface area contributed by atoms with E-state index in [4.69, 9.17) is 5.26 Å². The number of benzene rings is 1. The van der Waals surface area contributed by atoms with Crippen LogP contribution in [0.4, 0.5) is 18.9 Å². The fraction of sp³-hybridized carbons (Fsp3) is 0.577. The molecule has 0 saturated carbocycles. The number of halogens is 3. The molecule has 0 bridgehead atoms. The van der Waals surface area contributed by atoms with Gasteiger partial charge in [0.1, 0.15) is 0 Å². The quantitative estimate of drug-likeness (QED) is 0.302. The molecule has 208 valence electrons. The maximum absolute atomic E-state index is 13.3. The van der Waals surface area contributed by atoms with Crippen molar-refractivity contribution < 1.29 is 31.2 Å². The summed E-state index contributed by atoms with van der Waals surface area (Å²) in [4.78, 5) is 28.7. The van der Waals surface area contributed by atoms with Crippen LogP contribution in [0.2, 0.25) is 0 Å². The van der Waals surface area contributed by atoms with Crippen LogP contribution in [0.15, 0.2) is 29.3 Å². The molecule has 0 atom stereocenters. The average molecular weight is 555 g/mol. The number of hydrogen-bond acceptors (Lipinski definition) is 6. The van der Waals surface area contributed by atoms with Gasteiger partial charge in [-0.3, -0.25) is 9.59 Å². The van der Waals surface area contributed by atoms with Crippen molar-refractivity contribution >= 4 is 27.5 Å². The molecule has 1 aromatic rings. The van der Waals surface area contributed by atoms with Gasteiger partial charge in [-0.15, -0.1) is 0 Å². The smallest absolute Gasteiger partial charge is 0.301 e. The number of carbonyl (C=O) groups excluding carboxylic acids is 2. The lowest BCUT2D eigenvalue weighted by Gasteiger charge is -2.33. The summed E-state index contributed by atoms with van der Waals surface area (Å²) < 4.78 is 65.5. The largest absolute Gasteiger partial charge is 0.417 e. The van der Waals surface area contributed by atoms with Crippen LogP contribution in [0.3, 0.4) is 0 Å². The molecule has 2 aliphatic rings. The van der Waals surface area contributed by atoms with Crippen molar-refractivity contribution in [3.63, 3.8) is 0 Å². The minimum absolute atomic E-state index is 0.121. The van der Waals surface area contributed by atoms with Crippen molar-refractivity contribution in [1.29, 1.82) is 5.26 Å². The molecule has 2 aliphatic heterocycles. The second kappa shape index (κ2) is 12.4. The molecule has 8 nitrogen and oxygen atoms in total. The van der Waals surface area contributed by atoms with Crippen LogP contribution in [0, 0.1) is 11.3 Å². The number of rotatable bonds is 11. The van der Waals surface area contributed by atoms with E-state index < -0.39 is 39.1 Å². The molecule has 3 rings (SSSR count). The number of hydrogen-bond donors (Lipinski definition) is 0. The van der Waals surface area contributed by atoms with Gasteiger partial charge in [-0.25, -0.2) is 13.3 Å². The third-order valence-electron chi connectivity index (χ3n) is 7.12. The van der Waals surface area contributed by atoms with E-state index in [2.05, 4.69) is 4.90 Å². The Kier molecular flexibility index (Phi) is 9.73. The summed E-state index contributed by atoms with van der Waals surface area (Å²) in [6, 6.07) is 4.32. The Labute approximate surface area is 221 Å². The second-order valence-electron chi connectivity index (χ2n) is 9.55. The summed E-state index contributed by atoms with van der Waals surface area (Å²) in [5.41, 5.74) is -1.41. The van der Waals surface area contributed by atoms with Crippen molar-refractivity contribution in [2.24, 2.45) is 0 Å². The topological polar surface area (TPSA) is 102 Å². The van der Waals surface area contributed by atoms with Crippen LogP contribution in [0.25, 0.3) is 0 Å². The molecule has 2 heterocycles. The number of unbranched alkanes of at least 4 members (excludes halogenated alkanes) is 4. The van der Waals surface area contributed by atoms with Crippen LogP contribution in [0.1, 0.15) is 63.5 Å². The Morgan fingerprint density at radius 1 is 0.974 bits per heavy atom. The molecule has 0 N–H and O–H groups in total. The van der Waals surface area contributed by atoms with Crippen molar-refractivity contribution in [3.8, 4) is 6.07 Å². The highest BCUT2D eigenvalue weighted by atomic mass is 32.2. The highest BCUT2D eigenvalue weighted by Gasteiger charge is 2.39. The summed E-state index contributed by atoms with van der Waals surface area (Å²) in [6.07, 6.45) is -0.00783. The monoisotopic (exact) mass is 554 g/mol. The molecule has 12 heteroatoms. The van der Waals surface area contributed by atoms with E-state index >= 15 is 0 Å². The molecule has 0 aromatic heterocycles. The van der Waals surface area contributed by atoms with Gasteiger partial charge in [0.2, 0.25) is 10.0 Å². The number of amides is 2. The zero-order valence-electron chi connectivity index (χ0n) is 21.7. The first-order valence-corrected chi connectivity index (χ1v) is 14.4. The summed E-state index contributed by atoms with van der Waals surface area (Å²) in [6.45, 7) is 6.55. The minimum Gasteiger partial charge on any atom is -0.301 e. The van der Waals surface area contributed by atoms with E-state index in [1.807, 2.05) is 0 Å². The first-order valence-electron chi connectivity index (χ1n) is 12.8. The van der Waals surface area contributed by atoms with E-state index in [0.717, 1.165) is 56.3 Å². The van der Waals surface area contributed by atoms with Gasteiger partial charge in [-0.05, 0) is 57.9 Å². The lowest BCUT2D eigenvalue weighted by atomic mass is 10.0. The molecule has 1 saturated heterocycles. The van der Waals surface area contributed by atoms with E-state index in [1.54, 1.807) is 11.2 Å². The summed E-state index contributed by atoms with van der Waals surface area (Å²) in [5.74, 6) is -1.14. The molecule has 2 amide bonds. The average Bonchev–Trinajstić information content (AvgIpc) is 3.10. The van der Waals surface area contributed by atoms with Crippen molar-refractivity contribution in [1.82, 2.24) is 9.21 Å². The predicted octanol–water partition coefficient (Wildman–Crippen LogP) is 4.07. The number of nitrogens with zero attached hydrogens (tertiary/aromatic N) is 4. The molecular weight excluding hydrogens is 521 g/mol. The number of piperazine rings is 1. The van der Waals surface area contributed by atoms with E-state index in [0.29, 0.717) is 37.6 Å². The third-order valence-corrected chi connectivity index (χ3v) is 9.00. The number of carbonyl (C=O) groups is 2. The van der Waals surface area contributed by atoms with Gasteiger partial charge in [0.25, 0.3) is 11.8 Å². The maximum Gasteiger partial charge on any atom is 0.417 e.